The highest BCUT2D eigenvalue weighted by Gasteiger charge is 2.24. The fraction of sp³-hybridized carbons (Fsp3) is 0.533. The molecule has 1 saturated heterocycles. The Labute approximate surface area is 118 Å². The third-order valence-corrected chi connectivity index (χ3v) is 5.19. The van der Waals surface area contributed by atoms with Gasteiger partial charge in [-0.25, -0.2) is 0 Å². The summed E-state index contributed by atoms with van der Waals surface area (Å²) >= 11 is 1.96. The van der Waals surface area contributed by atoms with Gasteiger partial charge in [0.1, 0.15) is 0 Å². The molecule has 1 fully saturated rings. The Balaban J connectivity index is 1.60. The second kappa shape index (κ2) is 5.97. The molecule has 102 valence electrons. The largest absolute Gasteiger partial charge is 0.353 e. The van der Waals surface area contributed by atoms with Crippen LogP contribution < -0.4 is 10.6 Å². The van der Waals surface area contributed by atoms with Crippen molar-refractivity contribution < 1.29 is 4.79 Å². The maximum Gasteiger partial charge on any atom is 0.237 e. The van der Waals surface area contributed by atoms with Crippen LogP contribution in [0.1, 0.15) is 29.2 Å². The van der Waals surface area contributed by atoms with Crippen LogP contribution in [-0.4, -0.2) is 30.8 Å². The third kappa shape index (κ3) is 2.95. The molecule has 2 unspecified atom stereocenters. The number of rotatable bonds is 3. The van der Waals surface area contributed by atoms with Crippen molar-refractivity contribution >= 4 is 17.7 Å². The van der Waals surface area contributed by atoms with E-state index in [2.05, 4.69) is 34.9 Å². The number of aryl methyl sites for hydroxylation is 1. The lowest BCUT2D eigenvalue weighted by Gasteiger charge is -2.25. The number of fused-ring (bicyclic) bond motifs is 1. The van der Waals surface area contributed by atoms with Gasteiger partial charge in [-0.15, -0.1) is 0 Å². The first-order valence-electron chi connectivity index (χ1n) is 7.05. The van der Waals surface area contributed by atoms with Gasteiger partial charge in [0.15, 0.2) is 0 Å². The average Bonchev–Trinajstić information content (AvgIpc) is 2.99. The highest BCUT2D eigenvalue weighted by molar-refractivity contribution is 7.99. The maximum absolute atomic E-state index is 12.0. The zero-order valence-corrected chi connectivity index (χ0v) is 11.8. The molecule has 3 nitrogen and oxygen atoms in total. The molecule has 0 aliphatic carbocycles. The van der Waals surface area contributed by atoms with E-state index in [4.69, 9.17) is 0 Å². The Morgan fingerprint density at radius 1 is 1.42 bits per heavy atom. The van der Waals surface area contributed by atoms with E-state index in [-0.39, 0.29) is 11.9 Å². The standard InChI is InChI=1S/C15H20N2OS/c18-15(13-6-3-8-16-13)17-10-14-12-5-2-1-4-11(12)7-9-19-14/h1-2,4-5,13-14,16H,3,6-10H2,(H,17,18). The van der Waals surface area contributed by atoms with E-state index in [1.807, 2.05) is 11.8 Å². The normalized spacial score (nSPS) is 25.9. The van der Waals surface area contributed by atoms with Crippen LogP contribution in [0.4, 0.5) is 0 Å². The molecule has 2 aliphatic rings. The van der Waals surface area contributed by atoms with Crippen molar-refractivity contribution in [3.63, 3.8) is 0 Å². The smallest absolute Gasteiger partial charge is 0.237 e. The Kier molecular flexibility index (Phi) is 4.09. The highest BCUT2D eigenvalue weighted by atomic mass is 32.2. The van der Waals surface area contributed by atoms with E-state index < -0.39 is 0 Å². The molecule has 4 heteroatoms. The Morgan fingerprint density at radius 3 is 3.16 bits per heavy atom. The summed E-state index contributed by atoms with van der Waals surface area (Å²) in [6.07, 6.45) is 3.23. The van der Waals surface area contributed by atoms with E-state index in [9.17, 15) is 4.79 Å². The number of hydrogen-bond donors (Lipinski definition) is 2. The van der Waals surface area contributed by atoms with Gasteiger partial charge in [-0.2, -0.15) is 11.8 Å². The van der Waals surface area contributed by atoms with Crippen molar-refractivity contribution in [1.29, 1.82) is 0 Å². The van der Waals surface area contributed by atoms with Crippen LogP contribution in [0.25, 0.3) is 0 Å². The Hall–Kier alpha value is -1.00. The fourth-order valence-electron chi connectivity index (χ4n) is 2.87. The van der Waals surface area contributed by atoms with E-state index in [1.165, 1.54) is 11.1 Å². The van der Waals surface area contributed by atoms with Crippen LogP contribution >= 0.6 is 11.8 Å². The number of nitrogens with one attached hydrogen (secondary N) is 2. The summed E-state index contributed by atoms with van der Waals surface area (Å²) < 4.78 is 0. The second-order valence-electron chi connectivity index (χ2n) is 5.20. The summed E-state index contributed by atoms with van der Waals surface area (Å²) in [5.41, 5.74) is 2.85. The molecular weight excluding hydrogens is 256 g/mol. The number of carbonyl (C=O) groups excluding carboxylic acids is 1. The number of amides is 1. The summed E-state index contributed by atoms with van der Waals surface area (Å²) in [5, 5.41) is 6.77. The molecule has 1 aromatic rings. The summed E-state index contributed by atoms with van der Waals surface area (Å²) in [7, 11) is 0. The SMILES string of the molecule is O=C(NCC1SCCc2ccccc21)C1CCCN1. The van der Waals surface area contributed by atoms with Gasteiger partial charge in [0.05, 0.1) is 6.04 Å². The predicted molar refractivity (Wildman–Crippen MR) is 79.4 cm³/mol. The van der Waals surface area contributed by atoms with E-state index in [0.29, 0.717) is 5.25 Å². The maximum atomic E-state index is 12.0. The van der Waals surface area contributed by atoms with Crippen molar-refractivity contribution in [3.8, 4) is 0 Å². The minimum atomic E-state index is 0.0313. The van der Waals surface area contributed by atoms with Gasteiger partial charge in [0.2, 0.25) is 5.91 Å². The lowest BCUT2D eigenvalue weighted by Crippen LogP contribution is -2.41. The first kappa shape index (κ1) is 13.0. The molecule has 0 radical (unpaired) electrons. The molecule has 1 amide bonds. The predicted octanol–water partition coefficient (Wildman–Crippen LogP) is 1.89. The molecule has 1 aromatic carbocycles. The van der Waals surface area contributed by atoms with Crippen LogP contribution in [0.5, 0.6) is 0 Å². The van der Waals surface area contributed by atoms with E-state index >= 15 is 0 Å². The number of benzene rings is 1. The van der Waals surface area contributed by atoms with Gasteiger partial charge in [-0.05, 0) is 42.7 Å². The topological polar surface area (TPSA) is 41.1 Å². The zero-order chi connectivity index (χ0) is 13.1. The van der Waals surface area contributed by atoms with Crippen LogP contribution in [0, 0.1) is 0 Å². The average molecular weight is 276 g/mol. The molecule has 3 rings (SSSR count). The van der Waals surface area contributed by atoms with Gasteiger partial charge < -0.3 is 10.6 Å². The second-order valence-corrected chi connectivity index (χ2v) is 6.51. The minimum absolute atomic E-state index is 0.0313. The molecule has 2 N–H and O–H groups in total. The molecule has 19 heavy (non-hydrogen) atoms. The van der Waals surface area contributed by atoms with E-state index in [1.54, 1.807) is 0 Å². The zero-order valence-electron chi connectivity index (χ0n) is 11.0. The monoisotopic (exact) mass is 276 g/mol. The minimum Gasteiger partial charge on any atom is -0.353 e. The van der Waals surface area contributed by atoms with Gasteiger partial charge in [-0.3, -0.25) is 4.79 Å². The van der Waals surface area contributed by atoms with Crippen molar-refractivity contribution in [2.24, 2.45) is 0 Å². The van der Waals surface area contributed by atoms with Crippen molar-refractivity contribution in [1.82, 2.24) is 10.6 Å². The van der Waals surface area contributed by atoms with Crippen molar-refractivity contribution in [2.75, 3.05) is 18.8 Å². The number of hydrogen-bond acceptors (Lipinski definition) is 3. The molecule has 0 spiro atoms. The first-order chi connectivity index (χ1) is 9.34. The number of thioether (sulfide) groups is 1. The van der Waals surface area contributed by atoms with Crippen molar-refractivity contribution in [3.05, 3.63) is 35.4 Å². The lowest BCUT2D eigenvalue weighted by molar-refractivity contribution is -0.122. The molecule has 2 aliphatic heterocycles. The van der Waals surface area contributed by atoms with Gasteiger partial charge >= 0.3 is 0 Å². The van der Waals surface area contributed by atoms with Gasteiger partial charge in [-0.1, -0.05) is 24.3 Å². The summed E-state index contributed by atoms with van der Waals surface area (Å²) in [4.78, 5) is 12.0. The Bertz CT molecular complexity index is 457. The van der Waals surface area contributed by atoms with Crippen LogP contribution in [0.3, 0.4) is 0 Å². The molecular formula is C15H20N2OS. The van der Waals surface area contributed by atoms with Crippen molar-refractivity contribution in [2.45, 2.75) is 30.6 Å². The Morgan fingerprint density at radius 2 is 2.32 bits per heavy atom. The highest BCUT2D eigenvalue weighted by Crippen LogP contribution is 2.35. The number of carbonyl (C=O) groups is 1. The van der Waals surface area contributed by atoms with E-state index in [0.717, 1.165) is 38.1 Å². The lowest BCUT2D eigenvalue weighted by atomic mass is 10.0. The van der Waals surface area contributed by atoms with Gasteiger partial charge in [0.25, 0.3) is 0 Å². The summed E-state index contributed by atoms with van der Waals surface area (Å²) in [5.74, 6) is 1.32. The quantitative estimate of drug-likeness (QED) is 0.886. The summed E-state index contributed by atoms with van der Waals surface area (Å²) in [6, 6.07) is 8.64. The molecule has 2 heterocycles. The molecule has 0 aromatic heterocycles. The van der Waals surface area contributed by atoms with Gasteiger partial charge in [0, 0.05) is 11.8 Å². The van der Waals surface area contributed by atoms with Crippen LogP contribution in [0.15, 0.2) is 24.3 Å². The molecule has 0 saturated carbocycles. The molecule has 2 atom stereocenters. The fourth-order valence-corrected chi connectivity index (χ4v) is 4.10. The third-order valence-electron chi connectivity index (χ3n) is 3.93. The van der Waals surface area contributed by atoms with Crippen LogP contribution in [-0.2, 0) is 11.2 Å². The summed E-state index contributed by atoms with van der Waals surface area (Å²) in [6.45, 7) is 1.72. The van der Waals surface area contributed by atoms with Crippen LogP contribution in [0.2, 0.25) is 0 Å². The molecule has 0 bridgehead atoms. The first-order valence-corrected chi connectivity index (χ1v) is 8.10.